The van der Waals surface area contributed by atoms with Gasteiger partial charge in [0.1, 0.15) is 16.6 Å². The summed E-state index contributed by atoms with van der Waals surface area (Å²) in [6.45, 7) is 0. The number of nitrogens with zero attached hydrogens (tertiary/aromatic N) is 6. The van der Waals surface area contributed by atoms with Crippen LogP contribution in [0.4, 0.5) is 22.9 Å². The summed E-state index contributed by atoms with van der Waals surface area (Å²) in [6, 6.07) is 6.77. The second-order valence-corrected chi connectivity index (χ2v) is 13.2. The molecule has 42 heavy (non-hydrogen) atoms. The van der Waals surface area contributed by atoms with Crippen LogP contribution in [0.25, 0.3) is 11.2 Å². The van der Waals surface area contributed by atoms with Crippen molar-refractivity contribution in [3.63, 3.8) is 0 Å². The van der Waals surface area contributed by atoms with Crippen LogP contribution in [0.3, 0.4) is 0 Å². The van der Waals surface area contributed by atoms with Crippen LogP contribution < -0.4 is 22.5 Å². The molecule has 0 saturated carbocycles. The Morgan fingerprint density at radius 3 is 1.76 bits per heavy atom. The number of nitrogen functional groups attached to an aromatic ring is 3. The number of halogens is 9. The van der Waals surface area contributed by atoms with Crippen LogP contribution in [0.5, 0.6) is 0 Å². The van der Waals surface area contributed by atoms with Gasteiger partial charge >= 0.3 is 0 Å². The molecule has 0 fully saturated rings. The second-order valence-electron chi connectivity index (χ2n) is 7.52. The molecule has 0 amide bonds. The highest BCUT2D eigenvalue weighted by Crippen LogP contribution is 2.27. The van der Waals surface area contributed by atoms with E-state index in [2.05, 4.69) is 75.4 Å². The van der Waals surface area contributed by atoms with E-state index in [0.717, 1.165) is 22.3 Å². The molecule has 19 heteroatoms. The lowest BCUT2D eigenvalue weighted by atomic mass is 10.4. The van der Waals surface area contributed by atoms with Crippen molar-refractivity contribution in [2.24, 2.45) is 7.05 Å². The minimum Gasteiger partial charge on any atom is -0.395 e. The fraction of sp³-hybridized carbons (Fsp3) is 0.0870. The number of nitrogens with one attached hydrogen (secondary N) is 1. The molecule has 0 unspecified atom stereocenters. The summed E-state index contributed by atoms with van der Waals surface area (Å²) < 4.78 is 4.30. The van der Waals surface area contributed by atoms with E-state index < -0.39 is 0 Å². The Kier molecular flexibility index (Phi) is 15.7. The molecule has 5 rings (SSSR count). The van der Waals surface area contributed by atoms with E-state index in [9.17, 15) is 0 Å². The number of hydrogen-bond acceptors (Lipinski definition) is 9. The van der Waals surface area contributed by atoms with Crippen LogP contribution >= 0.6 is 137 Å². The molecule has 0 spiro atoms. The summed E-state index contributed by atoms with van der Waals surface area (Å²) in [5, 5.41) is 5.45. The topological polar surface area (TPSA) is 159 Å². The van der Waals surface area contributed by atoms with Crippen LogP contribution in [0.2, 0.25) is 30.4 Å². The molecule has 10 nitrogen and oxygen atoms in total. The number of aromatic nitrogens is 6. The highest BCUT2D eigenvalue weighted by molar-refractivity contribution is 14.1. The van der Waals surface area contributed by atoms with Gasteiger partial charge in [-0.3, -0.25) is 0 Å². The molecule has 5 heterocycles. The minimum absolute atomic E-state index is 0.252. The number of rotatable bonds is 1. The molecule has 5 aromatic heterocycles. The molecule has 0 bridgehead atoms. The first-order valence-corrected chi connectivity index (χ1v) is 16.4. The number of pyridine rings is 4. The van der Waals surface area contributed by atoms with Crippen LogP contribution in [0.15, 0.2) is 36.8 Å². The van der Waals surface area contributed by atoms with Gasteiger partial charge in [0, 0.05) is 20.3 Å². The molecule has 0 aliphatic carbocycles. The highest BCUT2D eigenvalue weighted by atomic mass is 127. The molecule has 5 aromatic rings. The Hall–Kier alpha value is -0.800. The summed E-state index contributed by atoms with van der Waals surface area (Å²) in [5.41, 5.74) is 19.1. The van der Waals surface area contributed by atoms with E-state index >= 15 is 0 Å². The first-order valence-electron chi connectivity index (χ1n) is 10.9. The third kappa shape index (κ3) is 11.0. The predicted molar refractivity (Wildman–Crippen MR) is 202 cm³/mol. The van der Waals surface area contributed by atoms with Gasteiger partial charge in [-0.05, 0) is 92.0 Å². The van der Waals surface area contributed by atoms with Crippen molar-refractivity contribution in [3.8, 4) is 0 Å². The number of nitrogens with two attached hydrogens (primary N) is 3. The van der Waals surface area contributed by atoms with Gasteiger partial charge in [-0.1, -0.05) is 69.6 Å². The van der Waals surface area contributed by atoms with Crippen molar-refractivity contribution < 1.29 is 0 Å². The maximum atomic E-state index is 5.96. The molecule has 0 radical (unpaired) electrons. The number of fused-ring (bicyclic) bond motifs is 1. The number of anilines is 4. The maximum absolute atomic E-state index is 5.96. The third-order valence-electron chi connectivity index (χ3n) is 4.62. The van der Waals surface area contributed by atoms with E-state index in [-0.39, 0.29) is 10.3 Å². The number of imidazole rings is 1. The largest absolute Gasteiger partial charge is 0.395 e. The third-order valence-corrected chi connectivity index (χ3v) is 8.11. The van der Waals surface area contributed by atoms with Crippen molar-refractivity contribution in [1.82, 2.24) is 29.5 Å². The molecule has 224 valence electrons. The zero-order valence-electron chi connectivity index (χ0n) is 21.3. The van der Waals surface area contributed by atoms with Crippen LogP contribution in [0, 0.1) is 11.1 Å². The van der Waals surface area contributed by atoms with Gasteiger partial charge < -0.3 is 27.1 Å². The Morgan fingerprint density at radius 1 is 0.690 bits per heavy atom. The minimum atomic E-state index is 0.252. The molecule has 7 N–H and O–H groups in total. The van der Waals surface area contributed by atoms with Crippen LogP contribution in [-0.2, 0) is 7.05 Å². The van der Waals surface area contributed by atoms with Gasteiger partial charge in [-0.15, -0.1) is 0 Å². The van der Waals surface area contributed by atoms with E-state index in [4.69, 9.17) is 86.8 Å². The fourth-order valence-electron chi connectivity index (χ4n) is 2.61. The standard InChI is InChI=1S/C7H5ClIN3.C6H7ClIN3.C5H3Cl2IN2.C5H4Cl2N2/c1-12-3-10-6-4(8)2-5(9)11-7(6)12;1-10-6-5(9)3(7)2-4(8)11-6;6-2-1-3(8)10-5(7)4(2)9;6-3-1-2-9-5(7)4(3)8/h2-3H,1H3;2H,9H2,1H3,(H,10,11);1H,9H2;1-2H,8H2. The molecule has 0 aliphatic rings. The fourth-order valence-corrected chi connectivity index (χ4v) is 6.16. The average molecular weight is 1030 g/mol. The molecular weight excluding hydrogens is 1010 g/mol. The summed E-state index contributed by atoms with van der Waals surface area (Å²) in [4.78, 5) is 20.1. The van der Waals surface area contributed by atoms with Crippen LogP contribution in [-0.4, -0.2) is 36.5 Å². The first kappa shape index (κ1) is 37.4. The Balaban J connectivity index is 0.000000197. The monoisotopic (exact) mass is 1030 g/mol. The molecule has 0 aliphatic heterocycles. The van der Waals surface area contributed by atoms with Gasteiger partial charge in [0.25, 0.3) is 0 Å². The Labute approximate surface area is 312 Å². The van der Waals surface area contributed by atoms with Crippen molar-refractivity contribution in [1.29, 1.82) is 0 Å². The highest BCUT2D eigenvalue weighted by Gasteiger charge is 2.07. The lowest BCUT2D eigenvalue weighted by Gasteiger charge is -2.05. The zero-order valence-corrected chi connectivity index (χ0v) is 32.3. The van der Waals surface area contributed by atoms with Crippen molar-refractivity contribution in [2.45, 2.75) is 0 Å². The van der Waals surface area contributed by atoms with E-state index in [1.165, 1.54) is 6.20 Å². The summed E-state index contributed by atoms with van der Waals surface area (Å²) >= 11 is 40.3. The molecule has 0 atom stereocenters. The smallest absolute Gasteiger partial charge is 0.162 e. The number of hydrogen-bond donors (Lipinski definition) is 4. The van der Waals surface area contributed by atoms with Crippen molar-refractivity contribution in [2.75, 3.05) is 29.6 Å². The van der Waals surface area contributed by atoms with Gasteiger partial charge in [0.2, 0.25) is 0 Å². The lowest BCUT2D eigenvalue weighted by molar-refractivity contribution is 0.928. The van der Waals surface area contributed by atoms with Gasteiger partial charge in [0.15, 0.2) is 21.8 Å². The van der Waals surface area contributed by atoms with Crippen LogP contribution in [0.1, 0.15) is 0 Å². The van der Waals surface area contributed by atoms with Crippen molar-refractivity contribution in [3.05, 3.63) is 78.3 Å². The van der Waals surface area contributed by atoms with Gasteiger partial charge in [-0.2, -0.15) is 0 Å². The quantitative estimate of drug-likeness (QED) is 0.0952. The SMILES string of the molecule is CNc1nc(I)cc(Cl)c1N.Cn1cnc2c(Cl)cc(I)nc21.Nc1c(Cl)cc(I)nc1Cl.Nc1c(Cl)ccnc1Cl. The second kappa shape index (κ2) is 17.6. The predicted octanol–water partition coefficient (Wildman–Crippen LogP) is 8.74. The number of aryl methyl sites for hydroxylation is 1. The van der Waals surface area contributed by atoms with E-state index in [0.29, 0.717) is 43.0 Å². The molecular formula is C23H19Cl6I3N10. The lowest BCUT2D eigenvalue weighted by Crippen LogP contribution is -2.00. The Morgan fingerprint density at radius 2 is 1.21 bits per heavy atom. The van der Waals surface area contributed by atoms with Crippen molar-refractivity contribution >= 4 is 171 Å². The first-order chi connectivity index (χ1) is 19.7. The summed E-state index contributed by atoms with van der Waals surface area (Å²) in [5.74, 6) is 0.627. The summed E-state index contributed by atoms with van der Waals surface area (Å²) in [7, 11) is 3.65. The van der Waals surface area contributed by atoms with Gasteiger partial charge in [0.05, 0.1) is 43.5 Å². The molecule has 0 saturated heterocycles. The average Bonchev–Trinajstić information content (AvgIpc) is 3.29. The van der Waals surface area contributed by atoms with E-state index in [1.54, 1.807) is 37.6 Å². The van der Waals surface area contributed by atoms with E-state index in [1.807, 2.05) is 34.2 Å². The Bertz CT molecular complexity index is 1650. The maximum Gasteiger partial charge on any atom is 0.162 e. The molecule has 0 aromatic carbocycles. The van der Waals surface area contributed by atoms with Gasteiger partial charge in [-0.25, -0.2) is 24.9 Å². The normalized spacial score (nSPS) is 10.1. The zero-order chi connectivity index (χ0) is 31.7. The summed E-state index contributed by atoms with van der Waals surface area (Å²) in [6.07, 6.45) is 3.21.